The van der Waals surface area contributed by atoms with Gasteiger partial charge in [-0.3, -0.25) is 0 Å². The number of carboxylic acid groups (broad SMARTS) is 1. The molecule has 6 rings (SSSR count). The second-order valence-electron chi connectivity index (χ2n) is 10.2. The van der Waals surface area contributed by atoms with Gasteiger partial charge in [0.05, 0.1) is 0 Å². The fourth-order valence-corrected chi connectivity index (χ4v) is 5.51. The minimum atomic E-state index is -1.23. The Balaban J connectivity index is 1.33. The molecule has 0 bridgehead atoms. The molecule has 43 heavy (non-hydrogen) atoms. The molecule has 5 heteroatoms. The Morgan fingerprint density at radius 1 is 0.721 bits per heavy atom. The van der Waals surface area contributed by atoms with Gasteiger partial charge in [-0.05, 0) is 90.4 Å². The number of nitriles is 1. The van der Waals surface area contributed by atoms with Crippen molar-refractivity contribution in [1.82, 2.24) is 4.57 Å². The molecule has 1 aromatic heterocycles. The number of anilines is 3. The highest BCUT2D eigenvalue weighted by Gasteiger charge is 2.13. The van der Waals surface area contributed by atoms with Crippen LogP contribution in [0.1, 0.15) is 23.6 Å². The molecule has 6 aromatic rings. The van der Waals surface area contributed by atoms with E-state index < -0.39 is 5.97 Å². The summed E-state index contributed by atoms with van der Waals surface area (Å²) in [6, 6.07) is 43.2. The highest BCUT2D eigenvalue weighted by Crippen LogP contribution is 2.35. The fourth-order valence-electron chi connectivity index (χ4n) is 5.51. The van der Waals surface area contributed by atoms with E-state index in [1.807, 2.05) is 54.6 Å². The van der Waals surface area contributed by atoms with Gasteiger partial charge in [-0.2, -0.15) is 5.26 Å². The maximum atomic E-state index is 11.4. The predicted molar refractivity (Wildman–Crippen MR) is 176 cm³/mol. The van der Waals surface area contributed by atoms with Gasteiger partial charge < -0.3 is 14.6 Å². The second-order valence-corrected chi connectivity index (χ2v) is 10.2. The molecule has 5 nitrogen and oxygen atoms in total. The first kappa shape index (κ1) is 27.3. The Morgan fingerprint density at radius 3 is 1.74 bits per heavy atom. The molecule has 0 radical (unpaired) electrons. The summed E-state index contributed by atoms with van der Waals surface area (Å²) < 4.78 is 2.25. The van der Waals surface area contributed by atoms with E-state index in [9.17, 15) is 15.2 Å². The lowest BCUT2D eigenvalue weighted by molar-refractivity contribution is -0.132. The molecule has 0 saturated carbocycles. The third kappa shape index (κ3) is 5.55. The van der Waals surface area contributed by atoms with Gasteiger partial charge >= 0.3 is 5.97 Å². The van der Waals surface area contributed by atoms with Gasteiger partial charge in [0, 0.05) is 45.4 Å². The summed E-state index contributed by atoms with van der Waals surface area (Å²) in [6.45, 7) is 2.91. The second kappa shape index (κ2) is 11.9. The largest absolute Gasteiger partial charge is 0.477 e. The van der Waals surface area contributed by atoms with Crippen molar-refractivity contribution in [2.45, 2.75) is 13.5 Å². The number of rotatable bonds is 8. The Labute approximate surface area is 250 Å². The van der Waals surface area contributed by atoms with Crippen molar-refractivity contribution in [2.24, 2.45) is 0 Å². The molecule has 0 unspecified atom stereocenters. The summed E-state index contributed by atoms with van der Waals surface area (Å²) in [5, 5.41) is 20.6. The molecule has 208 valence electrons. The van der Waals surface area contributed by atoms with Crippen LogP contribution >= 0.6 is 0 Å². The van der Waals surface area contributed by atoms with Gasteiger partial charge in [0.15, 0.2) is 0 Å². The minimum Gasteiger partial charge on any atom is -0.477 e. The quantitative estimate of drug-likeness (QED) is 0.115. The van der Waals surface area contributed by atoms with Crippen molar-refractivity contribution in [1.29, 1.82) is 5.26 Å². The van der Waals surface area contributed by atoms with Crippen LogP contribution in [0.3, 0.4) is 0 Å². The van der Waals surface area contributed by atoms with Crippen LogP contribution in [0, 0.1) is 11.3 Å². The topological polar surface area (TPSA) is 69.3 Å². The maximum Gasteiger partial charge on any atom is 0.346 e. The number of benzene rings is 5. The lowest BCUT2D eigenvalue weighted by Crippen LogP contribution is -2.09. The average molecular weight is 560 g/mol. The van der Waals surface area contributed by atoms with Crippen LogP contribution in [-0.4, -0.2) is 15.6 Å². The molecule has 0 amide bonds. The van der Waals surface area contributed by atoms with Crippen LogP contribution in [0.25, 0.3) is 40.0 Å². The van der Waals surface area contributed by atoms with Crippen molar-refractivity contribution >= 4 is 63.1 Å². The van der Waals surface area contributed by atoms with E-state index in [0.29, 0.717) is 5.56 Å². The number of hydrogen-bond donors (Lipinski definition) is 1. The summed E-state index contributed by atoms with van der Waals surface area (Å²) in [5.74, 6) is -1.23. The van der Waals surface area contributed by atoms with Crippen molar-refractivity contribution in [3.05, 3.63) is 144 Å². The molecule has 1 heterocycles. The van der Waals surface area contributed by atoms with Gasteiger partial charge in [-0.1, -0.05) is 72.8 Å². The highest BCUT2D eigenvalue weighted by atomic mass is 16.4. The summed E-state index contributed by atoms with van der Waals surface area (Å²) in [7, 11) is 0. The van der Waals surface area contributed by atoms with Crippen molar-refractivity contribution in [3.8, 4) is 6.07 Å². The third-order valence-corrected chi connectivity index (χ3v) is 7.54. The number of carbonyl (C=O) groups is 1. The number of aromatic nitrogens is 1. The van der Waals surface area contributed by atoms with Gasteiger partial charge in [0.2, 0.25) is 0 Å². The molecule has 0 saturated heterocycles. The van der Waals surface area contributed by atoms with Crippen LogP contribution in [0.4, 0.5) is 17.1 Å². The molecule has 0 aliphatic rings. The molecule has 0 atom stereocenters. The van der Waals surface area contributed by atoms with Crippen LogP contribution in [-0.2, 0) is 11.3 Å². The standard InChI is InChI=1S/C38H29N3O2/c1-2-40-36-21-17-28(24-34(36)35-25-29(18-22-37(35)40)23-30(26-39)38(42)43)14-13-27-15-19-33(20-16-27)41(31-9-5-3-6-10-31)32-11-7-4-8-12-32/h3-25H,2H2,1H3,(H,42,43). The molecule has 0 aliphatic heterocycles. The summed E-state index contributed by atoms with van der Waals surface area (Å²) >= 11 is 0. The number of para-hydroxylation sites is 2. The first-order valence-corrected chi connectivity index (χ1v) is 14.1. The van der Waals surface area contributed by atoms with Gasteiger partial charge in [-0.15, -0.1) is 0 Å². The third-order valence-electron chi connectivity index (χ3n) is 7.54. The van der Waals surface area contributed by atoms with Crippen LogP contribution in [0.2, 0.25) is 0 Å². The number of hydrogen-bond acceptors (Lipinski definition) is 3. The van der Waals surface area contributed by atoms with Crippen LogP contribution in [0.15, 0.2) is 127 Å². The van der Waals surface area contributed by atoms with Crippen molar-refractivity contribution < 1.29 is 9.90 Å². The Morgan fingerprint density at radius 2 is 1.21 bits per heavy atom. The Kier molecular flexibility index (Phi) is 7.58. The summed E-state index contributed by atoms with van der Waals surface area (Å²) in [6.07, 6.45) is 5.64. The van der Waals surface area contributed by atoms with Crippen LogP contribution < -0.4 is 4.90 Å². The van der Waals surface area contributed by atoms with E-state index in [1.54, 1.807) is 6.07 Å². The van der Waals surface area contributed by atoms with Crippen LogP contribution in [0.5, 0.6) is 0 Å². The zero-order chi connectivity index (χ0) is 29.8. The molecular weight excluding hydrogens is 530 g/mol. The van der Waals surface area contributed by atoms with Gasteiger partial charge in [-0.25, -0.2) is 4.79 Å². The average Bonchev–Trinajstić information content (AvgIpc) is 3.36. The first-order valence-electron chi connectivity index (χ1n) is 14.1. The number of aryl methyl sites for hydroxylation is 1. The number of fused-ring (bicyclic) bond motifs is 3. The SMILES string of the molecule is CCn1c2ccc(C=Cc3ccc(N(c4ccccc4)c4ccccc4)cc3)cc2c2cc(C=C(C#N)C(=O)O)ccc21. The zero-order valence-electron chi connectivity index (χ0n) is 23.7. The normalized spacial score (nSPS) is 11.7. The number of nitrogens with zero attached hydrogens (tertiary/aromatic N) is 3. The number of aliphatic carboxylic acids is 1. The molecule has 0 aliphatic carbocycles. The smallest absolute Gasteiger partial charge is 0.346 e. The lowest BCUT2D eigenvalue weighted by atomic mass is 10.0. The maximum absolute atomic E-state index is 11.4. The lowest BCUT2D eigenvalue weighted by Gasteiger charge is -2.25. The fraction of sp³-hybridized carbons (Fsp3) is 0.0526. The van der Waals surface area contributed by atoms with Crippen molar-refractivity contribution in [3.63, 3.8) is 0 Å². The van der Waals surface area contributed by atoms with E-state index >= 15 is 0 Å². The summed E-state index contributed by atoms with van der Waals surface area (Å²) in [4.78, 5) is 13.6. The Bertz CT molecular complexity index is 1990. The van der Waals surface area contributed by atoms with E-state index in [1.165, 1.54) is 6.08 Å². The first-order chi connectivity index (χ1) is 21.1. The monoisotopic (exact) mass is 559 g/mol. The summed E-state index contributed by atoms with van der Waals surface area (Å²) in [5.41, 5.74) is 8.01. The minimum absolute atomic E-state index is 0.288. The molecule has 0 spiro atoms. The van der Waals surface area contributed by atoms with Crippen molar-refractivity contribution in [2.75, 3.05) is 4.90 Å². The van der Waals surface area contributed by atoms with E-state index in [-0.39, 0.29) is 5.57 Å². The molecule has 0 fully saturated rings. The predicted octanol–water partition coefficient (Wildman–Crippen LogP) is 9.45. The van der Waals surface area contributed by atoms with E-state index in [2.05, 4.69) is 95.3 Å². The molecule has 5 aromatic carbocycles. The highest BCUT2D eigenvalue weighted by molar-refractivity contribution is 6.10. The zero-order valence-corrected chi connectivity index (χ0v) is 23.7. The van der Waals surface area contributed by atoms with Gasteiger partial charge in [0.1, 0.15) is 11.6 Å². The van der Waals surface area contributed by atoms with E-state index in [4.69, 9.17) is 0 Å². The molecular formula is C38H29N3O2. The van der Waals surface area contributed by atoms with Gasteiger partial charge in [0.25, 0.3) is 0 Å². The van der Waals surface area contributed by atoms with E-state index in [0.717, 1.165) is 56.5 Å². The number of carboxylic acids is 1. The Hall–Kier alpha value is -5.86. The molecule has 1 N–H and O–H groups in total.